The van der Waals surface area contributed by atoms with E-state index in [0.29, 0.717) is 11.3 Å². The lowest BCUT2D eigenvalue weighted by Crippen LogP contribution is -1.95. The van der Waals surface area contributed by atoms with E-state index in [4.69, 9.17) is 0 Å². The number of azo groups is 1. The summed E-state index contributed by atoms with van der Waals surface area (Å²) < 4.78 is 0. The van der Waals surface area contributed by atoms with Crippen molar-refractivity contribution in [2.75, 3.05) is 0 Å². The van der Waals surface area contributed by atoms with Crippen molar-refractivity contribution in [3.63, 3.8) is 0 Å². The lowest BCUT2D eigenvalue weighted by atomic mass is 10.0. The SMILES string of the molecule is Br.O=C1N=NC(c2ccccc2)=C1c1ccccc1. The van der Waals surface area contributed by atoms with E-state index in [9.17, 15) is 4.79 Å². The number of nitrogens with zero attached hydrogens (tertiary/aromatic N) is 2. The van der Waals surface area contributed by atoms with Gasteiger partial charge in [-0.15, -0.1) is 27.2 Å². The average Bonchev–Trinajstić information content (AvgIpc) is 2.83. The quantitative estimate of drug-likeness (QED) is 0.822. The monoisotopic (exact) mass is 314 g/mol. The molecule has 0 unspecified atom stereocenters. The Morgan fingerprint density at radius 2 is 1.21 bits per heavy atom. The van der Waals surface area contributed by atoms with Crippen molar-refractivity contribution in [2.45, 2.75) is 0 Å². The molecule has 0 radical (unpaired) electrons. The minimum absolute atomic E-state index is 0. The van der Waals surface area contributed by atoms with Crippen LogP contribution in [0.4, 0.5) is 0 Å². The molecule has 4 heteroatoms. The van der Waals surface area contributed by atoms with E-state index in [1.54, 1.807) is 0 Å². The lowest BCUT2D eigenvalue weighted by molar-refractivity contribution is -0.112. The second kappa shape index (κ2) is 5.71. The highest BCUT2D eigenvalue weighted by Crippen LogP contribution is 2.32. The molecule has 1 aliphatic rings. The van der Waals surface area contributed by atoms with Crippen molar-refractivity contribution in [1.29, 1.82) is 0 Å². The highest BCUT2D eigenvalue weighted by Gasteiger charge is 2.23. The molecule has 0 aromatic heterocycles. The van der Waals surface area contributed by atoms with Crippen LogP contribution in [0, 0.1) is 0 Å². The topological polar surface area (TPSA) is 41.8 Å². The maximum absolute atomic E-state index is 11.8. The van der Waals surface area contributed by atoms with Crippen LogP contribution in [0.1, 0.15) is 11.1 Å². The molecular formula is C15H11BrN2O. The van der Waals surface area contributed by atoms with Crippen molar-refractivity contribution in [1.82, 2.24) is 0 Å². The summed E-state index contributed by atoms with van der Waals surface area (Å²) in [6.45, 7) is 0. The van der Waals surface area contributed by atoms with Crippen LogP contribution in [-0.2, 0) is 4.79 Å². The number of hydrogen-bond acceptors (Lipinski definition) is 2. The molecule has 3 rings (SSSR count). The van der Waals surface area contributed by atoms with Gasteiger partial charge >= 0.3 is 0 Å². The van der Waals surface area contributed by atoms with Gasteiger partial charge in [0.05, 0.1) is 5.57 Å². The number of amides is 1. The predicted octanol–water partition coefficient (Wildman–Crippen LogP) is 4.13. The summed E-state index contributed by atoms with van der Waals surface area (Å²) in [7, 11) is 0. The van der Waals surface area contributed by atoms with E-state index >= 15 is 0 Å². The van der Waals surface area contributed by atoms with Crippen LogP contribution >= 0.6 is 17.0 Å². The van der Waals surface area contributed by atoms with E-state index < -0.39 is 0 Å². The molecule has 0 aliphatic carbocycles. The van der Waals surface area contributed by atoms with Crippen molar-refractivity contribution < 1.29 is 4.79 Å². The fourth-order valence-electron chi connectivity index (χ4n) is 1.96. The van der Waals surface area contributed by atoms with Gasteiger partial charge in [0.25, 0.3) is 5.91 Å². The van der Waals surface area contributed by atoms with Crippen molar-refractivity contribution >= 4 is 34.2 Å². The molecule has 0 N–H and O–H groups in total. The van der Waals surface area contributed by atoms with E-state index in [-0.39, 0.29) is 22.9 Å². The van der Waals surface area contributed by atoms with E-state index in [1.165, 1.54) is 0 Å². The third-order valence-electron chi connectivity index (χ3n) is 2.80. The summed E-state index contributed by atoms with van der Waals surface area (Å²) in [5.74, 6) is -0.278. The van der Waals surface area contributed by atoms with Gasteiger partial charge in [0.1, 0.15) is 5.70 Å². The standard InChI is InChI=1S/C15H10N2O.BrH/c18-15-13(11-7-3-1-4-8-11)14(16-17-15)12-9-5-2-6-10-12;/h1-10H;1H. The summed E-state index contributed by atoms with van der Waals surface area (Å²) in [5, 5.41) is 7.66. The molecule has 19 heavy (non-hydrogen) atoms. The Kier molecular flexibility index (Phi) is 4.02. The van der Waals surface area contributed by atoms with Crippen molar-refractivity contribution in [3.8, 4) is 0 Å². The lowest BCUT2D eigenvalue weighted by Gasteiger charge is -2.03. The van der Waals surface area contributed by atoms with Gasteiger partial charge in [-0.2, -0.15) is 0 Å². The van der Waals surface area contributed by atoms with Crippen LogP contribution in [0.3, 0.4) is 0 Å². The summed E-state index contributed by atoms with van der Waals surface area (Å²) in [5.41, 5.74) is 2.98. The van der Waals surface area contributed by atoms with Gasteiger partial charge in [0.2, 0.25) is 0 Å². The largest absolute Gasteiger partial charge is 0.298 e. The van der Waals surface area contributed by atoms with E-state index in [1.807, 2.05) is 60.7 Å². The Hall–Kier alpha value is -2.07. The Labute approximate surface area is 121 Å². The van der Waals surface area contributed by atoms with Gasteiger partial charge in [-0.3, -0.25) is 4.79 Å². The second-order valence-electron chi connectivity index (χ2n) is 3.96. The normalized spacial score (nSPS) is 13.6. The van der Waals surface area contributed by atoms with Gasteiger partial charge in [-0.1, -0.05) is 60.7 Å². The van der Waals surface area contributed by atoms with Gasteiger partial charge in [-0.05, 0) is 5.56 Å². The first-order valence-corrected chi connectivity index (χ1v) is 5.67. The first-order chi connectivity index (χ1) is 8.86. The summed E-state index contributed by atoms with van der Waals surface area (Å²) in [6.07, 6.45) is 0. The Morgan fingerprint density at radius 1 is 0.684 bits per heavy atom. The predicted molar refractivity (Wildman–Crippen MR) is 79.9 cm³/mol. The molecule has 2 aromatic rings. The fraction of sp³-hybridized carbons (Fsp3) is 0. The number of hydrogen-bond donors (Lipinski definition) is 0. The number of carbonyl (C=O) groups excluding carboxylic acids is 1. The van der Waals surface area contributed by atoms with Gasteiger partial charge in [0, 0.05) is 5.56 Å². The smallest absolute Gasteiger partial charge is 0.265 e. The number of rotatable bonds is 2. The van der Waals surface area contributed by atoms with Crippen molar-refractivity contribution in [3.05, 3.63) is 71.8 Å². The van der Waals surface area contributed by atoms with Crippen LogP contribution < -0.4 is 0 Å². The molecule has 94 valence electrons. The van der Waals surface area contributed by atoms with E-state index in [2.05, 4.69) is 10.2 Å². The van der Waals surface area contributed by atoms with Crippen LogP contribution in [0.25, 0.3) is 11.3 Å². The molecule has 0 saturated carbocycles. The van der Waals surface area contributed by atoms with Gasteiger partial charge in [0.15, 0.2) is 0 Å². The van der Waals surface area contributed by atoms with E-state index in [0.717, 1.165) is 11.1 Å². The third kappa shape index (κ3) is 2.53. The molecule has 1 amide bonds. The Balaban J connectivity index is 0.00000133. The fourth-order valence-corrected chi connectivity index (χ4v) is 1.96. The molecule has 0 bridgehead atoms. The number of halogens is 1. The van der Waals surface area contributed by atoms with Crippen molar-refractivity contribution in [2.24, 2.45) is 10.2 Å². The molecule has 2 aromatic carbocycles. The first-order valence-electron chi connectivity index (χ1n) is 5.67. The summed E-state index contributed by atoms with van der Waals surface area (Å²) in [4.78, 5) is 11.8. The highest BCUT2D eigenvalue weighted by molar-refractivity contribution is 8.93. The van der Waals surface area contributed by atoms with Crippen LogP contribution in [-0.4, -0.2) is 5.91 Å². The Morgan fingerprint density at radius 3 is 1.79 bits per heavy atom. The number of carbonyl (C=O) groups is 1. The zero-order valence-corrected chi connectivity index (χ0v) is 11.7. The second-order valence-corrected chi connectivity index (χ2v) is 3.96. The maximum atomic E-state index is 11.8. The molecule has 3 nitrogen and oxygen atoms in total. The molecule has 1 aliphatic heterocycles. The average molecular weight is 315 g/mol. The maximum Gasteiger partial charge on any atom is 0.298 e. The first kappa shape index (κ1) is 13.4. The Bertz CT molecular complexity index is 607. The van der Waals surface area contributed by atoms with Crippen LogP contribution in [0.15, 0.2) is 70.9 Å². The zero-order valence-electron chi connectivity index (χ0n) is 9.98. The summed E-state index contributed by atoms with van der Waals surface area (Å²) in [6, 6.07) is 19.1. The van der Waals surface area contributed by atoms with Crippen LogP contribution in [0.5, 0.6) is 0 Å². The molecule has 0 atom stereocenters. The molecular weight excluding hydrogens is 304 g/mol. The molecule has 0 saturated heterocycles. The minimum Gasteiger partial charge on any atom is -0.265 e. The minimum atomic E-state index is -0.278. The molecule has 1 heterocycles. The molecule has 0 spiro atoms. The molecule has 0 fully saturated rings. The summed E-state index contributed by atoms with van der Waals surface area (Å²) >= 11 is 0. The number of benzene rings is 2. The zero-order chi connectivity index (χ0) is 12.4. The highest BCUT2D eigenvalue weighted by atomic mass is 79.9. The van der Waals surface area contributed by atoms with Crippen LogP contribution in [0.2, 0.25) is 0 Å². The van der Waals surface area contributed by atoms with Gasteiger partial charge in [-0.25, -0.2) is 0 Å². The third-order valence-corrected chi connectivity index (χ3v) is 2.80. The van der Waals surface area contributed by atoms with Gasteiger partial charge < -0.3 is 0 Å².